The van der Waals surface area contributed by atoms with Crippen LogP contribution in [0.5, 0.6) is 0 Å². The molecular weight excluding hydrogens is 231 g/mol. The molecule has 0 atom stereocenters. The molecule has 0 aliphatic heterocycles. The third kappa shape index (κ3) is 1.48. The maximum Gasteiger partial charge on any atom is 0.153 e. The summed E-state index contributed by atoms with van der Waals surface area (Å²) in [6.07, 6.45) is 0. The highest BCUT2D eigenvalue weighted by Gasteiger charge is 2.13. The number of hydrogen-bond acceptors (Lipinski definition) is 3. The first-order valence-corrected chi connectivity index (χ1v) is 5.45. The van der Waals surface area contributed by atoms with Crippen LogP contribution in [0.4, 0.5) is 15.9 Å². The standard InChI is InChI=1S/C13H11FN4/c14-10-6-5-9(7-1-3-8(15)4-2-7)11-12(10)17-18-13(11)16/h1-6H,15H2,(H3,16,17,18). The molecule has 5 heteroatoms. The zero-order valence-electron chi connectivity index (χ0n) is 9.44. The first-order chi connectivity index (χ1) is 8.66. The van der Waals surface area contributed by atoms with Gasteiger partial charge in [0.25, 0.3) is 0 Å². The van der Waals surface area contributed by atoms with Crippen LogP contribution < -0.4 is 11.5 Å². The second-order valence-electron chi connectivity index (χ2n) is 4.08. The van der Waals surface area contributed by atoms with Crippen LogP contribution >= 0.6 is 0 Å². The second-order valence-corrected chi connectivity index (χ2v) is 4.08. The molecule has 3 aromatic rings. The number of aromatic amines is 1. The minimum Gasteiger partial charge on any atom is -0.399 e. The molecule has 0 saturated heterocycles. The average Bonchev–Trinajstić information content (AvgIpc) is 2.75. The number of nitrogens with one attached hydrogen (secondary N) is 1. The summed E-state index contributed by atoms with van der Waals surface area (Å²) < 4.78 is 13.6. The van der Waals surface area contributed by atoms with Crippen LogP contribution in [-0.2, 0) is 0 Å². The number of aromatic nitrogens is 2. The van der Waals surface area contributed by atoms with Gasteiger partial charge in [0.15, 0.2) is 5.82 Å². The van der Waals surface area contributed by atoms with E-state index < -0.39 is 0 Å². The molecular formula is C13H11FN4. The predicted octanol–water partition coefficient (Wildman–Crippen LogP) is 2.53. The first-order valence-electron chi connectivity index (χ1n) is 5.45. The van der Waals surface area contributed by atoms with Crippen molar-refractivity contribution in [2.45, 2.75) is 0 Å². The summed E-state index contributed by atoms with van der Waals surface area (Å²) in [7, 11) is 0. The zero-order chi connectivity index (χ0) is 12.7. The summed E-state index contributed by atoms with van der Waals surface area (Å²) in [6, 6.07) is 10.4. The van der Waals surface area contributed by atoms with Gasteiger partial charge < -0.3 is 11.5 Å². The lowest BCUT2D eigenvalue weighted by Crippen LogP contribution is -1.89. The smallest absolute Gasteiger partial charge is 0.153 e. The number of hydrogen-bond donors (Lipinski definition) is 3. The Kier molecular flexibility index (Phi) is 2.19. The summed E-state index contributed by atoms with van der Waals surface area (Å²) >= 11 is 0. The maximum absolute atomic E-state index is 13.6. The van der Waals surface area contributed by atoms with E-state index in [-0.39, 0.29) is 11.6 Å². The lowest BCUT2D eigenvalue weighted by atomic mass is 10.0. The van der Waals surface area contributed by atoms with Crippen molar-refractivity contribution in [3.63, 3.8) is 0 Å². The summed E-state index contributed by atoms with van der Waals surface area (Å²) in [5, 5.41) is 7.05. The molecule has 5 N–H and O–H groups in total. The Bertz CT molecular complexity index is 716. The van der Waals surface area contributed by atoms with Gasteiger partial charge in [-0.25, -0.2) is 4.39 Å². The molecule has 1 aromatic heterocycles. The van der Waals surface area contributed by atoms with E-state index in [0.29, 0.717) is 16.6 Å². The third-order valence-corrected chi connectivity index (χ3v) is 2.92. The molecule has 4 nitrogen and oxygen atoms in total. The highest BCUT2D eigenvalue weighted by Crippen LogP contribution is 2.32. The normalized spacial score (nSPS) is 10.9. The highest BCUT2D eigenvalue weighted by atomic mass is 19.1. The van der Waals surface area contributed by atoms with E-state index in [4.69, 9.17) is 11.5 Å². The fourth-order valence-corrected chi connectivity index (χ4v) is 2.03. The number of nitrogen functional groups attached to an aromatic ring is 2. The summed E-state index contributed by atoms with van der Waals surface area (Å²) in [6.45, 7) is 0. The van der Waals surface area contributed by atoms with Crippen molar-refractivity contribution in [3.8, 4) is 11.1 Å². The fourth-order valence-electron chi connectivity index (χ4n) is 2.03. The van der Waals surface area contributed by atoms with Crippen LogP contribution in [0.2, 0.25) is 0 Å². The van der Waals surface area contributed by atoms with Crippen molar-refractivity contribution in [2.24, 2.45) is 0 Å². The molecule has 0 amide bonds. The third-order valence-electron chi connectivity index (χ3n) is 2.92. The van der Waals surface area contributed by atoms with Gasteiger partial charge in [0.1, 0.15) is 11.3 Å². The summed E-state index contributed by atoms with van der Waals surface area (Å²) in [4.78, 5) is 0. The Labute approximate surface area is 102 Å². The molecule has 0 saturated carbocycles. The Balaban J connectivity index is 2.32. The van der Waals surface area contributed by atoms with E-state index in [1.807, 2.05) is 12.1 Å². The Morgan fingerprint density at radius 2 is 1.72 bits per heavy atom. The minimum atomic E-state index is -0.367. The highest BCUT2D eigenvalue weighted by molar-refractivity contribution is 6.01. The molecule has 0 aliphatic rings. The number of H-pyrrole nitrogens is 1. The summed E-state index contributed by atoms with van der Waals surface area (Å²) in [5.41, 5.74) is 14.2. The van der Waals surface area contributed by atoms with Gasteiger partial charge in [-0.3, -0.25) is 5.10 Å². The SMILES string of the molecule is Nc1ccc(-c2ccc(F)c3[nH]nc(N)c23)cc1. The van der Waals surface area contributed by atoms with Crippen LogP contribution in [0, 0.1) is 5.82 Å². The van der Waals surface area contributed by atoms with E-state index in [0.717, 1.165) is 11.1 Å². The van der Waals surface area contributed by atoms with Crippen LogP contribution in [-0.4, -0.2) is 10.2 Å². The van der Waals surface area contributed by atoms with Gasteiger partial charge in [-0.2, -0.15) is 5.10 Å². The van der Waals surface area contributed by atoms with Crippen molar-refractivity contribution in [2.75, 3.05) is 11.5 Å². The Hall–Kier alpha value is -2.56. The van der Waals surface area contributed by atoms with Crippen molar-refractivity contribution < 1.29 is 4.39 Å². The number of anilines is 2. The molecule has 3 rings (SSSR count). The largest absolute Gasteiger partial charge is 0.399 e. The number of nitrogens with zero attached hydrogens (tertiary/aromatic N) is 1. The molecule has 2 aromatic carbocycles. The molecule has 18 heavy (non-hydrogen) atoms. The second kappa shape index (κ2) is 3.73. The lowest BCUT2D eigenvalue weighted by molar-refractivity contribution is 0.636. The molecule has 90 valence electrons. The van der Waals surface area contributed by atoms with Crippen molar-refractivity contribution in [1.82, 2.24) is 10.2 Å². The van der Waals surface area contributed by atoms with Crippen LogP contribution in [0.25, 0.3) is 22.0 Å². The summed E-state index contributed by atoms with van der Waals surface area (Å²) in [5.74, 6) is -0.0790. The average molecular weight is 242 g/mol. The van der Waals surface area contributed by atoms with Crippen LogP contribution in [0.3, 0.4) is 0 Å². The number of nitrogens with two attached hydrogens (primary N) is 2. The molecule has 0 bridgehead atoms. The monoisotopic (exact) mass is 242 g/mol. The fraction of sp³-hybridized carbons (Fsp3) is 0. The molecule has 0 aliphatic carbocycles. The van der Waals surface area contributed by atoms with Gasteiger partial charge in [0.05, 0.1) is 5.39 Å². The lowest BCUT2D eigenvalue weighted by Gasteiger charge is -2.05. The zero-order valence-corrected chi connectivity index (χ0v) is 9.44. The molecule has 0 unspecified atom stereocenters. The molecule has 0 radical (unpaired) electrons. The topological polar surface area (TPSA) is 80.7 Å². The van der Waals surface area contributed by atoms with E-state index in [9.17, 15) is 4.39 Å². The van der Waals surface area contributed by atoms with Gasteiger partial charge in [-0.15, -0.1) is 0 Å². The van der Waals surface area contributed by atoms with Gasteiger partial charge in [-0.1, -0.05) is 18.2 Å². The van der Waals surface area contributed by atoms with Gasteiger partial charge >= 0.3 is 0 Å². The minimum absolute atomic E-state index is 0.288. The maximum atomic E-state index is 13.6. The van der Waals surface area contributed by atoms with E-state index in [1.54, 1.807) is 18.2 Å². The van der Waals surface area contributed by atoms with Gasteiger partial charge in [0, 0.05) is 5.69 Å². The van der Waals surface area contributed by atoms with Crippen LogP contribution in [0.15, 0.2) is 36.4 Å². The number of rotatable bonds is 1. The molecule has 0 fully saturated rings. The number of fused-ring (bicyclic) bond motifs is 1. The Morgan fingerprint density at radius 3 is 2.44 bits per heavy atom. The van der Waals surface area contributed by atoms with E-state index >= 15 is 0 Å². The number of halogens is 1. The van der Waals surface area contributed by atoms with E-state index in [2.05, 4.69) is 10.2 Å². The molecule has 1 heterocycles. The van der Waals surface area contributed by atoms with Gasteiger partial charge in [0.2, 0.25) is 0 Å². The quantitative estimate of drug-likeness (QED) is 0.573. The van der Waals surface area contributed by atoms with Crippen molar-refractivity contribution in [3.05, 3.63) is 42.2 Å². The first kappa shape index (κ1) is 10.6. The number of benzene rings is 2. The van der Waals surface area contributed by atoms with Crippen molar-refractivity contribution >= 4 is 22.4 Å². The van der Waals surface area contributed by atoms with Crippen molar-refractivity contribution in [1.29, 1.82) is 0 Å². The van der Waals surface area contributed by atoms with E-state index in [1.165, 1.54) is 6.07 Å². The van der Waals surface area contributed by atoms with Gasteiger partial charge in [-0.05, 0) is 29.3 Å². The Morgan fingerprint density at radius 1 is 1.00 bits per heavy atom. The predicted molar refractivity (Wildman–Crippen MR) is 70.3 cm³/mol. The molecule has 0 spiro atoms. The van der Waals surface area contributed by atoms with Crippen LogP contribution in [0.1, 0.15) is 0 Å².